The first-order valence-corrected chi connectivity index (χ1v) is 13.7. The predicted molar refractivity (Wildman–Crippen MR) is 135 cm³/mol. The second-order valence-electron chi connectivity index (χ2n) is 8.25. The highest BCUT2D eigenvalue weighted by molar-refractivity contribution is 7.92. The highest BCUT2D eigenvalue weighted by Crippen LogP contribution is 2.20. The summed E-state index contributed by atoms with van der Waals surface area (Å²) >= 11 is 1.07. The number of hydrogen-bond donors (Lipinski definition) is 1. The molecule has 0 radical (unpaired) electrons. The third-order valence-electron chi connectivity index (χ3n) is 5.89. The Morgan fingerprint density at radius 3 is 2.11 bits per heavy atom. The molecule has 0 aliphatic carbocycles. The lowest BCUT2D eigenvalue weighted by atomic mass is 10.1. The first-order valence-electron chi connectivity index (χ1n) is 11.2. The van der Waals surface area contributed by atoms with E-state index in [1.165, 1.54) is 40.1 Å². The maximum Gasteiger partial charge on any atom is 0.269 e. The lowest BCUT2D eigenvalue weighted by Crippen LogP contribution is -2.57. The van der Waals surface area contributed by atoms with Crippen LogP contribution in [-0.2, 0) is 14.6 Å². The number of thiophene rings is 1. The number of halogens is 1. The molecule has 14 heteroatoms. The second kappa shape index (κ2) is 11.1. The fourth-order valence-electron chi connectivity index (χ4n) is 3.83. The number of hydrogen-bond acceptors (Lipinski definition) is 8. The first kappa shape index (κ1) is 26.9. The third-order valence-corrected chi connectivity index (χ3v) is 8.63. The molecule has 1 atom stereocenters. The number of nitrogens with zero attached hydrogens (tertiary/aromatic N) is 3. The van der Waals surface area contributed by atoms with Crippen molar-refractivity contribution in [1.29, 1.82) is 0 Å². The van der Waals surface area contributed by atoms with Crippen LogP contribution in [0.1, 0.15) is 20.0 Å². The number of sulfone groups is 1. The summed E-state index contributed by atoms with van der Waals surface area (Å²) in [5.74, 6) is -2.70. The Hall–Kier alpha value is -4.17. The Labute approximate surface area is 220 Å². The van der Waals surface area contributed by atoms with Gasteiger partial charge in [-0.3, -0.25) is 24.5 Å². The Balaban J connectivity index is 1.51. The van der Waals surface area contributed by atoms with Crippen molar-refractivity contribution in [2.75, 3.05) is 26.2 Å². The average Bonchev–Trinajstić information content (AvgIpc) is 3.46. The molecule has 2 heterocycles. The highest BCUT2D eigenvalue weighted by atomic mass is 32.2. The zero-order chi connectivity index (χ0) is 27.4. The summed E-state index contributed by atoms with van der Waals surface area (Å²) < 4.78 is 40.1. The van der Waals surface area contributed by atoms with Gasteiger partial charge in [0.05, 0.1) is 14.7 Å². The Bertz CT molecular complexity index is 1450. The number of piperazine rings is 1. The monoisotopic (exact) mass is 560 g/mol. The van der Waals surface area contributed by atoms with Crippen molar-refractivity contribution < 1.29 is 32.1 Å². The molecule has 2 aromatic carbocycles. The van der Waals surface area contributed by atoms with Gasteiger partial charge >= 0.3 is 0 Å². The molecule has 1 aromatic heterocycles. The van der Waals surface area contributed by atoms with E-state index >= 15 is 0 Å². The number of amides is 3. The Kier molecular flexibility index (Phi) is 7.83. The van der Waals surface area contributed by atoms with Crippen molar-refractivity contribution >= 4 is 44.6 Å². The third kappa shape index (κ3) is 5.70. The molecule has 0 unspecified atom stereocenters. The zero-order valence-corrected chi connectivity index (χ0v) is 21.3. The van der Waals surface area contributed by atoms with Gasteiger partial charge in [-0.25, -0.2) is 12.8 Å². The minimum absolute atomic E-state index is 0.0120. The maximum absolute atomic E-state index is 13.4. The number of carbonyl (C=O) groups excluding carboxylic acids is 3. The molecular formula is C24H21FN4O7S2. The highest BCUT2D eigenvalue weighted by Gasteiger charge is 2.40. The molecule has 11 nitrogen and oxygen atoms in total. The van der Waals surface area contributed by atoms with Gasteiger partial charge in [0, 0.05) is 43.9 Å². The molecule has 0 spiro atoms. The van der Waals surface area contributed by atoms with E-state index in [9.17, 15) is 37.3 Å². The van der Waals surface area contributed by atoms with Crippen molar-refractivity contribution in [3.8, 4) is 0 Å². The van der Waals surface area contributed by atoms with Crippen LogP contribution in [0.3, 0.4) is 0 Å². The lowest BCUT2D eigenvalue weighted by molar-refractivity contribution is -0.384. The first-order chi connectivity index (χ1) is 18.1. The van der Waals surface area contributed by atoms with E-state index < -0.39 is 43.7 Å². The number of nitro groups is 1. The zero-order valence-electron chi connectivity index (χ0n) is 19.7. The van der Waals surface area contributed by atoms with Crippen LogP contribution >= 0.6 is 11.3 Å². The van der Waals surface area contributed by atoms with Crippen LogP contribution in [0.15, 0.2) is 70.9 Å². The van der Waals surface area contributed by atoms with E-state index in [1.54, 1.807) is 11.4 Å². The van der Waals surface area contributed by atoms with E-state index in [1.807, 2.05) is 0 Å². The summed E-state index contributed by atoms with van der Waals surface area (Å²) in [6.07, 6.45) is 0. The predicted octanol–water partition coefficient (Wildman–Crippen LogP) is 2.31. The van der Waals surface area contributed by atoms with Gasteiger partial charge in [-0.15, -0.1) is 11.3 Å². The molecule has 1 N–H and O–H groups in total. The standard InChI is InChI=1S/C24H21FN4O7S2/c25-17-5-9-19(10-6-17)38(35,36)22(26-21(30)20-2-1-15-37-20)24(32)28-13-11-27(12-14-28)23(31)16-3-7-18(8-4-16)29(33)34/h1-10,15,22H,11-14H2,(H,26,30)/t22-/m1/s1. The molecule has 198 valence electrons. The molecule has 4 rings (SSSR count). The van der Waals surface area contributed by atoms with Gasteiger partial charge in [-0.2, -0.15) is 0 Å². The Morgan fingerprint density at radius 2 is 1.55 bits per heavy atom. The largest absolute Gasteiger partial charge is 0.336 e. The van der Waals surface area contributed by atoms with Crippen molar-refractivity contribution in [3.05, 3.63) is 92.4 Å². The van der Waals surface area contributed by atoms with Gasteiger partial charge in [-0.1, -0.05) is 6.07 Å². The smallest absolute Gasteiger partial charge is 0.269 e. The number of non-ortho nitro benzene ring substituents is 1. The summed E-state index contributed by atoms with van der Waals surface area (Å²) in [5, 5.41) is 12.8. The van der Waals surface area contributed by atoms with Gasteiger partial charge < -0.3 is 15.1 Å². The minimum atomic E-state index is -4.46. The number of benzene rings is 2. The topological polar surface area (TPSA) is 147 Å². The van der Waals surface area contributed by atoms with Crippen LogP contribution in [0, 0.1) is 15.9 Å². The van der Waals surface area contributed by atoms with Crippen LogP contribution in [-0.4, -0.2) is 72.4 Å². The maximum atomic E-state index is 13.4. The summed E-state index contributed by atoms with van der Waals surface area (Å²) in [4.78, 5) is 51.8. The Morgan fingerprint density at radius 1 is 0.947 bits per heavy atom. The quantitative estimate of drug-likeness (QED) is 0.265. The molecule has 1 aliphatic rings. The minimum Gasteiger partial charge on any atom is -0.336 e. The average molecular weight is 561 g/mol. The molecule has 3 amide bonds. The fourth-order valence-corrected chi connectivity index (χ4v) is 5.93. The van der Waals surface area contributed by atoms with E-state index in [-0.39, 0.29) is 47.2 Å². The molecule has 0 saturated carbocycles. The van der Waals surface area contributed by atoms with Gasteiger partial charge in [-0.05, 0) is 47.8 Å². The van der Waals surface area contributed by atoms with Crippen LogP contribution < -0.4 is 5.32 Å². The van der Waals surface area contributed by atoms with Crippen LogP contribution in [0.4, 0.5) is 10.1 Å². The van der Waals surface area contributed by atoms with Crippen molar-refractivity contribution in [3.63, 3.8) is 0 Å². The molecule has 1 fully saturated rings. The normalized spacial score (nSPS) is 14.6. The van der Waals surface area contributed by atoms with Crippen LogP contribution in [0.2, 0.25) is 0 Å². The van der Waals surface area contributed by atoms with E-state index in [4.69, 9.17) is 0 Å². The molecule has 3 aromatic rings. The van der Waals surface area contributed by atoms with Crippen molar-refractivity contribution in [1.82, 2.24) is 15.1 Å². The number of carbonyl (C=O) groups is 3. The van der Waals surface area contributed by atoms with Crippen LogP contribution in [0.25, 0.3) is 0 Å². The second-order valence-corrected chi connectivity index (χ2v) is 11.2. The van der Waals surface area contributed by atoms with Crippen molar-refractivity contribution in [2.24, 2.45) is 0 Å². The molecular weight excluding hydrogens is 539 g/mol. The van der Waals surface area contributed by atoms with E-state index in [0.717, 1.165) is 35.6 Å². The van der Waals surface area contributed by atoms with Crippen molar-refractivity contribution in [2.45, 2.75) is 10.3 Å². The van der Waals surface area contributed by atoms with Gasteiger partial charge in [0.15, 0.2) is 0 Å². The fraction of sp³-hybridized carbons (Fsp3) is 0.208. The van der Waals surface area contributed by atoms with Gasteiger partial charge in [0.2, 0.25) is 15.2 Å². The number of nitrogens with one attached hydrogen (secondary N) is 1. The van der Waals surface area contributed by atoms with Gasteiger partial charge in [0.1, 0.15) is 5.82 Å². The summed E-state index contributed by atoms with van der Waals surface area (Å²) in [6.45, 7) is 0.122. The molecule has 1 aliphatic heterocycles. The van der Waals surface area contributed by atoms with E-state index in [0.29, 0.717) is 0 Å². The lowest BCUT2D eigenvalue weighted by Gasteiger charge is -2.36. The molecule has 0 bridgehead atoms. The van der Waals surface area contributed by atoms with Gasteiger partial charge in [0.25, 0.3) is 23.4 Å². The number of nitro benzene ring substituents is 1. The summed E-state index contributed by atoms with van der Waals surface area (Å²) in [7, 11) is -4.46. The molecule has 1 saturated heterocycles. The SMILES string of the molecule is O=C(N[C@@H](C(=O)N1CCN(C(=O)c2ccc([N+](=O)[O-])cc2)CC1)S(=O)(=O)c1ccc(F)cc1)c1cccs1. The number of rotatable bonds is 7. The van der Waals surface area contributed by atoms with Crippen LogP contribution in [0.5, 0.6) is 0 Å². The summed E-state index contributed by atoms with van der Waals surface area (Å²) in [5.41, 5.74) is 0.0744. The summed E-state index contributed by atoms with van der Waals surface area (Å²) in [6, 6.07) is 12.1. The molecule has 38 heavy (non-hydrogen) atoms. The van der Waals surface area contributed by atoms with E-state index in [2.05, 4.69) is 5.32 Å².